The van der Waals surface area contributed by atoms with Gasteiger partial charge in [-0.3, -0.25) is 0 Å². The third-order valence-electron chi connectivity index (χ3n) is 3.16. The quantitative estimate of drug-likeness (QED) is 0.718. The highest BCUT2D eigenvalue weighted by molar-refractivity contribution is 9.10. The second kappa shape index (κ2) is 9.51. The molecule has 0 aliphatic carbocycles. The molecule has 1 aromatic carbocycles. The molecule has 1 rings (SSSR count). The van der Waals surface area contributed by atoms with Crippen LogP contribution < -0.4 is 5.32 Å². The summed E-state index contributed by atoms with van der Waals surface area (Å²) < 4.78 is 7.22. The predicted molar refractivity (Wildman–Crippen MR) is 85.5 cm³/mol. The van der Waals surface area contributed by atoms with Crippen LogP contribution in [0, 0.1) is 5.92 Å². The lowest BCUT2D eigenvalue weighted by molar-refractivity contribution is 0.0302. The lowest BCUT2D eigenvalue weighted by atomic mass is 10.1. The Hall–Kier alpha value is -0.380. The molecular formula is C16H26BrNO. The van der Waals surface area contributed by atoms with Crippen molar-refractivity contribution in [2.45, 2.75) is 39.7 Å². The van der Waals surface area contributed by atoms with Crippen LogP contribution in [0.15, 0.2) is 28.7 Å². The summed E-state index contributed by atoms with van der Waals surface area (Å²) in [6.07, 6.45) is 2.59. The van der Waals surface area contributed by atoms with E-state index in [9.17, 15) is 0 Å². The molecular weight excluding hydrogens is 302 g/mol. The van der Waals surface area contributed by atoms with Gasteiger partial charge >= 0.3 is 0 Å². The first-order chi connectivity index (χ1) is 9.17. The van der Waals surface area contributed by atoms with Gasteiger partial charge in [0, 0.05) is 11.0 Å². The first-order valence-corrected chi connectivity index (χ1v) is 8.04. The van der Waals surface area contributed by atoms with Gasteiger partial charge in [0.15, 0.2) is 0 Å². The molecule has 0 fully saturated rings. The third-order valence-corrected chi connectivity index (χ3v) is 3.66. The first-order valence-electron chi connectivity index (χ1n) is 7.25. The number of ether oxygens (including phenoxy) is 1. The standard InChI is InChI=1S/C16H26BrNO/c1-4-7-13(3)12-19-16(11-18-5-2)14-8-6-9-15(17)10-14/h6,8-10,13,16,18H,4-5,7,11-12H2,1-3H3. The van der Waals surface area contributed by atoms with Gasteiger partial charge in [-0.05, 0) is 36.6 Å². The van der Waals surface area contributed by atoms with Crippen molar-refractivity contribution in [2.75, 3.05) is 19.7 Å². The van der Waals surface area contributed by atoms with Crippen LogP contribution in [0.25, 0.3) is 0 Å². The van der Waals surface area contributed by atoms with Crippen LogP contribution in [0.1, 0.15) is 45.3 Å². The smallest absolute Gasteiger partial charge is 0.0949 e. The molecule has 2 atom stereocenters. The summed E-state index contributed by atoms with van der Waals surface area (Å²) >= 11 is 3.53. The summed E-state index contributed by atoms with van der Waals surface area (Å²) in [4.78, 5) is 0. The molecule has 19 heavy (non-hydrogen) atoms. The lowest BCUT2D eigenvalue weighted by Crippen LogP contribution is -2.24. The Kier molecular flexibility index (Phi) is 8.35. The molecule has 108 valence electrons. The largest absolute Gasteiger partial charge is 0.372 e. The second-order valence-corrected chi connectivity index (χ2v) is 5.99. The molecule has 3 heteroatoms. The van der Waals surface area contributed by atoms with E-state index in [1.165, 1.54) is 18.4 Å². The molecule has 2 nitrogen and oxygen atoms in total. The van der Waals surface area contributed by atoms with Crippen molar-refractivity contribution < 1.29 is 4.74 Å². The minimum atomic E-state index is 0.136. The molecule has 0 saturated carbocycles. The highest BCUT2D eigenvalue weighted by atomic mass is 79.9. The Morgan fingerprint density at radius 2 is 2.11 bits per heavy atom. The Bertz CT molecular complexity index is 356. The zero-order valence-electron chi connectivity index (χ0n) is 12.3. The Morgan fingerprint density at radius 1 is 1.32 bits per heavy atom. The van der Waals surface area contributed by atoms with Gasteiger partial charge in [0.05, 0.1) is 12.7 Å². The molecule has 0 aliphatic heterocycles. The van der Waals surface area contributed by atoms with Crippen molar-refractivity contribution in [1.82, 2.24) is 5.32 Å². The fourth-order valence-electron chi connectivity index (χ4n) is 2.11. The molecule has 1 aromatic rings. The molecule has 0 heterocycles. The highest BCUT2D eigenvalue weighted by Crippen LogP contribution is 2.22. The average molecular weight is 328 g/mol. The molecule has 0 spiro atoms. The Balaban J connectivity index is 2.61. The fraction of sp³-hybridized carbons (Fsp3) is 0.625. The van der Waals surface area contributed by atoms with E-state index < -0.39 is 0 Å². The molecule has 1 N–H and O–H groups in total. The van der Waals surface area contributed by atoms with E-state index in [4.69, 9.17) is 4.74 Å². The normalized spacial score (nSPS) is 14.3. The number of hydrogen-bond acceptors (Lipinski definition) is 2. The minimum absolute atomic E-state index is 0.136. The number of halogens is 1. The van der Waals surface area contributed by atoms with Crippen molar-refractivity contribution in [3.05, 3.63) is 34.3 Å². The average Bonchev–Trinajstić information content (AvgIpc) is 2.39. The van der Waals surface area contributed by atoms with Gasteiger partial charge in [-0.1, -0.05) is 55.3 Å². The number of hydrogen-bond donors (Lipinski definition) is 1. The Labute approximate surface area is 126 Å². The first kappa shape index (κ1) is 16.7. The van der Waals surface area contributed by atoms with Gasteiger partial charge in [-0.25, -0.2) is 0 Å². The van der Waals surface area contributed by atoms with Crippen molar-refractivity contribution >= 4 is 15.9 Å². The van der Waals surface area contributed by atoms with Crippen LogP contribution in [0.5, 0.6) is 0 Å². The summed E-state index contributed by atoms with van der Waals surface area (Å²) in [5.74, 6) is 0.626. The summed E-state index contributed by atoms with van der Waals surface area (Å²) in [7, 11) is 0. The van der Waals surface area contributed by atoms with Gasteiger partial charge in [-0.15, -0.1) is 0 Å². The van der Waals surface area contributed by atoms with Crippen LogP contribution in [-0.2, 0) is 4.74 Å². The van der Waals surface area contributed by atoms with E-state index >= 15 is 0 Å². The lowest BCUT2D eigenvalue weighted by Gasteiger charge is -2.21. The molecule has 0 amide bonds. The number of nitrogens with one attached hydrogen (secondary N) is 1. The third kappa shape index (κ3) is 6.55. The highest BCUT2D eigenvalue weighted by Gasteiger charge is 2.13. The number of benzene rings is 1. The van der Waals surface area contributed by atoms with Crippen molar-refractivity contribution in [3.63, 3.8) is 0 Å². The summed E-state index contributed by atoms with van der Waals surface area (Å²) in [5.41, 5.74) is 1.24. The zero-order chi connectivity index (χ0) is 14.1. The monoisotopic (exact) mass is 327 g/mol. The van der Waals surface area contributed by atoms with Gasteiger partial charge in [0.25, 0.3) is 0 Å². The van der Waals surface area contributed by atoms with Crippen LogP contribution >= 0.6 is 15.9 Å². The van der Waals surface area contributed by atoms with E-state index in [1.807, 2.05) is 6.07 Å². The number of rotatable bonds is 9. The molecule has 0 aliphatic rings. The van der Waals surface area contributed by atoms with Gasteiger partial charge in [0.2, 0.25) is 0 Å². The van der Waals surface area contributed by atoms with E-state index in [0.29, 0.717) is 5.92 Å². The van der Waals surface area contributed by atoms with E-state index in [-0.39, 0.29) is 6.10 Å². The molecule has 0 saturated heterocycles. The fourth-order valence-corrected chi connectivity index (χ4v) is 2.53. The van der Waals surface area contributed by atoms with Gasteiger partial charge in [-0.2, -0.15) is 0 Å². The van der Waals surface area contributed by atoms with Crippen molar-refractivity contribution in [1.29, 1.82) is 0 Å². The molecule has 2 unspecified atom stereocenters. The molecule has 0 aromatic heterocycles. The predicted octanol–water partition coefficient (Wildman–Crippen LogP) is 4.55. The summed E-state index contributed by atoms with van der Waals surface area (Å²) in [5, 5.41) is 3.38. The van der Waals surface area contributed by atoms with Crippen molar-refractivity contribution in [3.8, 4) is 0 Å². The minimum Gasteiger partial charge on any atom is -0.372 e. The molecule has 0 radical (unpaired) electrons. The van der Waals surface area contributed by atoms with E-state index in [0.717, 1.165) is 24.2 Å². The topological polar surface area (TPSA) is 21.3 Å². The van der Waals surface area contributed by atoms with E-state index in [2.05, 4.69) is 60.2 Å². The van der Waals surface area contributed by atoms with E-state index in [1.54, 1.807) is 0 Å². The number of likely N-dealkylation sites (N-methyl/N-ethyl adjacent to an activating group) is 1. The van der Waals surface area contributed by atoms with Gasteiger partial charge in [0.1, 0.15) is 0 Å². The van der Waals surface area contributed by atoms with Crippen LogP contribution in [0.3, 0.4) is 0 Å². The van der Waals surface area contributed by atoms with Crippen LogP contribution in [0.4, 0.5) is 0 Å². The molecule has 0 bridgehead atoms. The van der Waals surface area contributed by atoms with Crippen molar-refractivity contribution in [2.24, 2.45) is 5.92 Å². The summed E-state index contributed by atoms with van der Waals surface area (Å²) in [6.45, 7) is 9.27. The maximum absolute atomic E-state index is 6.12. The maximum atomic E-state index is 6.12. The zero-order valence-corrected chi connectivity index (χ0v) is 13.9. The van der Waals surface area contributed by atoms with Crippen LogP contribution in [-0.4, -0.2) is 19.7 Å². The van der Waals surface area contributed by atoms with Crippen LogP contribution in [0.2, 0.25) is 0 Å². The summed E-state index contributed by atoms with van der Waals surface area (Å²) in [6, 6.07) is 8.40. The SMILES string of the molecule is CCCC(C)COC(CNCC)c1cccc(Br)c1. The van der Waals surface area contributed by atoms with Gasteiger partial charge < -0.3 is 10.1 Å². The maximum Gasteiger partial charge on any atom is 0.0949 e. The second-order valence-electron chi connectivity index (χ2n) is 5.08. The Morgan fingerprint density at radius 3 is 2.74 bits per heavy atom.